The molecule has 0 spiro atoms. The molecule has 2 unspecified atom stereocenters. The van der Waals surface area contributed by atoms with E-state index < -0.39 is 0 Å². The highest BCUT2D eigenvalue weighted by molar-refractivity contribution is 5.18. The summed E-state index contributed by atoms with van der Waals surface area (Å²) in [7, 11) is 1.77. The van der Waals surface area contributed by atoms with E-state index in [0.717, 1.165) is 19.6 Å². The van der Waals surface area contributed by atoms with Crippen molar-refractivity contribution in [2.75, 3.05) is 20.3 Å². The third kappa shape index (κ3) is 5.33. The summed E-state index contributed by atoms with van der Waals surface area (Å²) in [6.45, 7) is 6.34. The van der Waals surface area contributed by atoms with Crippen LogP contribution in [0.15, 0.2) is 30.3 Å². The summed E-state index contributed by atoms with van der Waals surface area (Å²) in [5.41, 5.74) is 1.38. The van der Waals surface area contributed by atoms with E-state index in [2.05, 4.69) is 49.5 Å². The average Bonchev–Trinajstić information content (AvgIpc) is 2.36. The van der Waals surface area contributed by atoms with Gasteiger partial charge in [0.15, 0.2) is 0 Å². The van der Waals surface area contributed by atoms with Crippen molar-refractivity contribution in [1.82, 2.24) is 5.32 Å². The molecule has 0 aromatic heterocycles. The lowest BCUT2D eigenvalue weighted by atomic mass is 9.96. The maximum absolute atomic E-state index is 5.22. The molecule has 0 saturated heterocycles. The Hall–Kier alpha value is -0.860. The number of nitrogens with one attached hydrogen (secondary N) is 1. The van der Waals surface area contributed by atoms with Gasteiger partial charge in [-0.25, -0.2) is 0 Å². The second-order valence-electron chi connectivity index (χ2n) is 4.71. The highest BCUT2D eigenvalue weighted by Gasteiger charge is 2.14. The summed E-state index contributed by atoms with van der Waals surface area (Å²) in [4.78, 5) is 0. The number of methoxy groups -OCH3 is 1. The third-order valence-corrected chi connectivity index (χ3v) is 2.93. The van der Waals surface area contributed by atoms with E-state index in [1.807, 2.05) is 0 Å². The minimum atomic E-state index is 0.446. The Balaban J connectivity index is 2.60. The van der Waals surface area contributed by atoms with Crippen molar-refractivity contribution < 1.29 is 4.74 Å². The van der Waals surface area contributed by atoms with Gasteiger partial charge in [0.05, 0.1) is 0 Å². The Morgan fingerprint density at radius 3 is 2.53 bits per heavy atom. The van der Waals surface area contributed by atoms with Crippen molar-refractivity contribution in [3.05, 3.63) is 35.9 Å². The summed E-state index contributed by atoms with van der Waals surface area (Å²) >= 11 is 0. The molecule has 1 aromatic rings. The number of ether oxygens (including phenoxy) is 1. The molecule has 0 heterocycles. The molecule has 1 aromatic carbocycles. The lowest BCUT2D eigenvalue weighted by molar-refractivity contribution is 0.149. The summed E-state index contributed by atoms with van der Waals surface area (Å²) in [5, 5.41) is 3.62. The minimum absolute atomic E-state index is 0.446. The fourth-order valence-corrected chi connectivity index (χ4v) is 2.10. The molecule has 0 bridgehead atoms. The first-order valence-electron chi connectivity index (χ1n) is 6.55. The molecule has 1 rings (SSSR count). The molecule has 0 saturated carbocycles. The highest BCUT2D eigenvalue weighted by atomic mass is 16.5. The van der Waals surface area contributed by atoms with E-state index in [-0.39, 0.29) is 0 Å². The molecule has 0 aliphatic heterocycles. The van der Waals surface area contributed by atoms with Gasteiger partial charge in [-0.1, -0.05) is 44.2 Å². The van der Waals surface area contributed by atoms with Crippen molar-refractivity contribution in [1.29, 1.82) is 0 Å². The second-order valence-corrected chi connectivity index (χ2v) is 4.71. The molecule has 0 fully saturated rings. The molecule has 0 radical (unpaired) electrons. The van der Waals surface area contributed by atoms with Crippen LogP contribution in [-0.4, -0.2) is 20.3 Å². The monoisotopic (exact) mass is 235 g/mol. The van der Waals surface area contributed by atoms with E-state index in [0.29, 0.717) is 12.0 Å². The summed E-state index contributed by atoms with van der Waals surface area (Å²) < 4.78 is 5.22. The zero-order chi connectivity index (χ0) is 12.5. The van der Waals surface area contributed by atoms with E-state index in [4.69, 9.17) is 4.74 Å². The molecule has 2 atom stereocenters. The van der Waals surface area contributed by atoms with Gasteiger partial charge in [-0.15, -0.1) is 0 Å². The molecular weight excluding hydrogens is 210 g/mol. The Kier molecular flexibility index (Phi) is 6.90. The average molecular weight is 235 g/mol. The maximum Gasteiger partial charge on any atom is 0.0488 e. The maximum atomic E-state index is 5.22. The lowest BCUT2D eigenvalue weighted by Gasteiger charge is -2.22. The Labute approximate surface area is 105 Å². The molecule has 0 aliphatic rings. The van der Waals surface area contributed by atoms with Crippen LogP contribution in [0.4, 0.5) is 0 Å². The van der Waals surface area contributed by atoms with Crippen LogP contribution in [0.1, 0.15) is 38.3 Å². The van der Waals surface area contributed by atoms with E-state index in [9.17, 15) is 0 Å². The largest absolute Gasteiger partial charge is 0.384 e. The zero-order valence-corrected chi connectivity index (χ0v) is 11.3. The summed E-state index contributed by atoms with van der Waals surface area (Å²) in [6.07, 6.45) is 2.29. The standard InChI is InChI=1S/C15H25NO/c1-4-10-16-15(11-13(2)12-17-3)14-8-6-5-7-9-14/h5-9,13,15-16H,4,10-12H2,1-3H3. The van der Waals surface area contributed by atoms with Gasteiger partial charge in [-0.3, -0.25) is 0 Å². The van der Waals surface area contributed by atoms with Crippen molar-refractivity contribution in [3.8, 4) is 0 Å². The molecular formula is C15H25NO. The fourth-order valence-electron chi connectivity index (χ4n) is 2.10. The first-order valence-corrected chi connectivity index (χ1v) is 6.55. The molecule has 1 N–H and O–H groups in total. The zero-order valence-electron chi connectivity index (χ0n) is 11.3. The van der Waals surface area contributed by atoms with Crippen molar-refractivity contribution in [3.63, 3.8) is 0 Å². The quantitative estimate of drug-likeness (QED) is 0.745. The highest BCUT2D eigenvalue weighted by Crippen LogP contribution is 2.21. The normalized spacial score (nSPS) is 14.5. The molecule has 17 heavy (non-hydrogen) atoms. The Bertz CT molecular complexity index is 286. The third-order valence-electron chi connectivity index (χ3n) is 2.93. The van der Waals surface area contributed by atoms with Gasteiger partial charge in [0.1, 0.15) is 0 Å². The van der Waals surface area contributed by atoms with Crippen molar-refractivity contribution in [2.24, 2.45) is 5.92 Å². The number of benzene rings is 1. The van der Waals surface area contributed by atoms with Crippen LogP contribution in [0.5, 0.6) is 0 Å². The Morgan fingerprint density at radius 1 is 1.24 bits per heavy atom. The van der Waals surface area contributed by atoms with Gasteiger partial charge in [0.25, 0.3) is 0 Å². The van der Waals surface area contributed by atoms with Crippen molar-refractivity contribution in [2.45, 2.75) is 32.7 Å². The second kappa shape index (κ2) is 8.26. The molecule has 96 valence electrons. The smallest absolute Gasteiger partial charge is 0.0488 e. The number of hydrogen-bond acceptors (Lipinski definition) is 2. The van der Waals surface area contributed by atoms with E-state index >= 15 is 0 Å². The fraction of sp³-hybridized carbons (Fsp3) is 0.600. The summed E-state index contributed by atoms with van der Waals surface area (Å²) in [6, 6.07) is 11.1. The van der Waals surface area contributed by atoms with Gasteiger partial charge in [0.2, 0.25) is 0 Å². The predicted molar refractivity (Wildman–Crippen MR) is 73.1 cm³/mol. The van der Waals surface area contributed by atoms with Gasteiger partial charge < -0.3 is 10.1 Å². The SMILES string of the molecule is CCCNC(CC(C)COC)c1ccccc1. The minimum Gasteiger partial charge on any atom is -0.384 e. The van der Waals surface area contributed by atoms with Crippen molar-refractivity contribution >= 4 is 0 Å². The molecule has 2 nitrogen and oxygen atoms in total. The topological polar surface area (TPSA) is 21.3 Å². The van der Waals surface area contributed by atoms with Gasteiger partial charge in [-0.2, -0.15) is 0 Å². The first-order chi connectivity index (χ1) is 8.27. The lowest BCUT2D eigenvalue weighted by Crippen LogP contribution is -2.25. The van der Waals surface area contributed by atoms with Crippen LogP contribution in [0.3, 0.4) is 0 Å². The molecule has 0 aliphatic carbocycles. The van der Waals surface area contributed by atoms with Crippen LogP contribution in [0.25, 0.3) is 0 Å². The Morgan fingerprint density at radius 2 is 1.94 bits per heavy atom. The molecule has 2 heteroatoms. The molecule has 0 amide bonds. The van der Waals surface area contributed by atoms with Crippen LogP contribution in [-0.2, 0) is 4.74 Å². The summed E-state index contributed by atoms with van der Waals surface area (Å²) in [5.74, 6) is 0.578. The van der Waals surface area contributed by atoms with E-state index in [1.165, 1.54) is 12.0 Å². The number of rotatable bonds is 8. The van der Waals surface area contributed by atoms with Gasteiger partial charge in [-0.05, 0) is 30.9 Å². The first kappa shape index (κ1) is 14.2. The van der Waals surface area contributed by atoms with Crippen LogP contribution in [0.2, 0.25) is 0 Å². The van der Waals surface area contributed by atoms with Crippen LogP contribution < -0.4 is 5.32 Å². The number of hydrogen-bond donors (Lipinski definition) is 1. The van der Waals surface area contributed by atoms with Crippen LogP contribution >= 0.6 is 0 Å². The predicted octanol–water partition coefficient (Wildman–Crippen LogP) is 3.40. The van der Waals surface area contributed by atoms with Gasteiger partial charge in [0, 0.05) is 19.8 Å². The van der Waals surface area contributed by atoms with E-state index in [1.54, 1.807) is 7.11 Å². The van der Waals surface area contributed by atoms with Crippen LogP contribution in [0, 0.1) is 5.92 Å². The van der Waals surface area contributed by atoms with Gasteiger partial charge >= 0.3 is 0 Å².